The molecule has 0 heterocycles. The lowest BCUT2D eigenvalue weighted by Crippen LogP contribution is -2.10. The van der Waals surface area contributed by atoms with E-state index in [9.17, 15) is 13.2 Å². The quantitative estimate of drug-likeness (QED) is 0.583. The largest absolute Gasteiger partial charge is 0.416 e. The molecule has 0 amide bonds. The molecule has 2 aromatic carbocycles. The van der Waals surface area contributed by atoms with Crippen LogP contribution in [0.25, 0.3) is 0 Å². The van der Waals surface area contributed by atoms with E-state index in [2.05, 4.69) is 0 Å². The Balaban J connectivity index is 2.46. The van der Waals surface area contributed by atoms with Crippen molar-refractivity contribution < 1.29 is 13.2 Å². The Morgan fingerprint density at radius 3 is 2.35 bits per heavy atom. The molecule has 2 aromatic rings. The van der Waals surface area contributed by atoms with Crippen molar-refractivity contribution in [2.45, 2.75) is 6.18 Å². The van der Waals surface area contributed by atoms with E-state index in [4.69, 9.17) is 16.9 Å². The number of nitrogens with one attached hydrogen (secondary N) is 1. The SMILES string of the molecule is N=C(c1cccc(C(F)(F)F)c1)c1cc(N)ccc1N. The van der Waals surface area contributed by atoms with E-state index < -0.39 is 11.7 Å². The normalized spacial score (nSPS) is 11.3. The topological polar surface area (TPSA) is 75.9 Å². The smallest absolute Gasteiger partial charge is 0.399 e. The first-order chi connectivity index (χ1) is 9.29. The molecule has 0 atom stereocenters. The van der Waals surface area contributed by atoms with Crippen LogP contribution in [0.2, 0.25) is 0 Å². The zero-order valence-electron chi connectivity index (χ0n) is 10.3. The van der Waals surface area contributed by atoms with E-state index in [1.54, 1.807) is 6.07 Å². The molecule has 104 valence electrons. The van der Waals surface area contributed by atoms with E-state index in [1.807, 2.05) is 0 Å². The molecule has 0 spiro atoms. The molecule has 2 rings (SSSR count). The Kier molecular flexibility index (Phi) is 3.40. The van der Waals surface area contributed by atoms with Crippen molar-refractivity contribution >= 4 is 17.1 Å². The third-order valence-electron chi connectivity index (χ3n) is 2.83. The summed E-state index contributed by atoms with van der Waals surface area (Å²) in [5, 5.41) is 8.01. The van der Waals surface area contributed by atoms with Crippen LogP contribution in [0, 0.1) is 5.41 Å². The monoisotopic (exact) mass is 279 g/mol. The van der Waals surface area contributed by atoms with Crippen molar-refractivity contribution in [1.82, 2.24) is 0 Å². The Hall–Kier alpha value is -2.50. The third-order valence-corrected chi connectivity index (χ3v) is 2.83. The second-order valence-electron chi connectivity index (χ2n) is 4.30. The molecular weight excluding hydrogens is 267 g/mol. The molecule has 20 heavy (non-hydrogen) atoms. The van der Waals surface area contributed by atoms with Crippen LogP contribution in [0.15, 0.2) is 42.5 Å². The Bertz CT molecular complexity index is 663. The maximum absolute atomic E-state index is 12.7. The first kappa shape index (κ1) is 13.9. The van der Waals surface area contributed by atoms with E-state index in [0.717, 1.165) is 12.1 Å². The van der Waals surface area contributed by atoms with Crippen LogP contribution in [0.3, 0.4) is 0 Å². The van der Waals surface area contributed by atoms with E-state index in [-0.39, 0.29) is 11.3 Å². The summed E-state index contributed by atoms with van der Waals surface area (Å²) in [4.78, 5) is 0. The van der Waals surface area contributed by atoms with Crippen molar-refractivity contribution in [3.63, 3.8) is 0 Å². The number of benzene rings is 2. The van der Waals surface area contributed by atoms with Gasteiger partial charge in [-0.2, -0.15) is 13.2 Å². The molecule has 0 aliphatic heterocycles. The molecule has 0 fully saturated rings. The Morgan fingerprint density at radius 2 is 1.70 bits per heavy atom. The summed E-state index contributed by atoms with van der Waals surface area (Å²) >= 11 is 0. The van der Waals surface area contributed by atoms with Crippen molar-refractivity contribution in [2.24, 2.45) is 0 Å². The highest BCUT2D eigenvalue weighted by molar-refractivity contribution is 6.14. The van der Waals surface area contributed by atoms with Crippen LogP contribution in [-0.2, 0) is 6.18 Å². The first-order valence-corrected chi connectivity index (χ1v) is 5.70. The second kappa shape index (κ2) is 4.88. The number of halogens is 3. The summed E-state index contributed by atoms with van der Waals surface area (Å²) in [7, 11) is 0. The van der Waals surface area contributed by atoms with Gasteiger partial charge in [-0.25, -0.2) is 0 Å². The van der Waals surface area contributed by atoms with Crippen LogP contribution in [-0.4, -0.2) is 5.71 Å². The van der Waals surface area contributed by atoms with Crippen LogP contribution in [0.4, 0.5) is 24.5 Å². The number of hydrogen-bond donors (Lipinski definition) is 3. The molecule has 0 aromatic heterocycles. The van der Waals surface area contributed by atoms with Crippen molar-refractivity contribution in [3.05, 3.63) is 59.2 Å². The third kappa shape index (κ3) is 2.74. The first-order valence-electron chi connectivity index (χ1n) is 5.70. The summed E-state index contributed by atoms with van der Waals surface area (Å²) < 4.78 is 38.0. The maximum atomic E-state index is 12.7. The molecule has 0 radical (unpaired) electrons. The fraction of sp³-hybridized carbons (Fsp3) is 0.0714. The lowest BCUT2D eigenvalue weighted by Gasteiger charge is -2.11. The van der Waals surface area contributed by atoms with Gasteiger partial charge in [0.2, 0.25) is 0 Å². The lowest BCUT2D eigenvalue weighted by atomic mass is 9.98. The number of rotatable bonds is 2. The number of alkyl halides is 3. The standard InChI is InChI=1S/C14H12F3N3/c15-14(16,17)9-3-1-2-8(6-9)13(20)11-7-10(18)4-5-12(11)19/h1-7,20H,18-19H2. The zero-order valence-corrected chi connectivity index (χ0v) is 10.3. The van der Waals surface area contributed by atoms with Gasteiger partial charge in [0.15, 0.2) is 0 Å². The lowest BCUT2D eigenvalue weighted by molar-refractivity contribution is -0.137. The van der Waals surface area contributed by atoms with Crippen molar-refractivity contribution in [3.8, 4) is 0 Å². The highest BCUT2D eigenvalue weighted by atomic mass is 19.4. The zero-order chi connectivity index (χ0) is 14.9. The van der Waals surface area contributed by atoms with Gasteiger partial charge in [0.05, 0.1) is 11.3 Å². The predicted octanol–water partition coefficient (Wildman–Crippen LogP) is 3.29. The van der Waals surface area contributed by atoms with E-state index in [1.165, 1.54) is 24.3 Å². The molecule has 5 N–H and O–H groups in total. The molecular formula is C14H12F3N3. The number of nitrogens with two attached hydrogens (primary N) is 2. The highest BCUT2D eigenvalue weighted by Crippen LogP contribution is 2.30. The molecule has 6 heteroatoms. The molecule has 0 saturated carbocycles. The van der Waals surface area contributed by atoms with Gasteiger partial charge in [-0.05, 0) is 30.3 Å². The number of nitrogen functional groups attached to an aromatic ring is 2. The summed E-state index contributed by atoms with van der Waals surface area (Å²) in [6.45, 7) is 0. The van der Waals surface area contributed by atoms with Gasteiger partial charge in [-0.15, -0.1) is 0 Å². The number of hydrogen-bond acceptors (Lipinski definition) is 3. The molecule has 3 nitrogen and oxygen atoms in total. The van der Waals surface area contributed by atoms with Crippen molar-refractivity contribution in [2.75, 3.05) is 11.5 Å². The molecule has 0 aliphatic rings. The predicted molar refractivity (Wildman–Crippen MR) is 72.6 cm³/mol. The molecule has 0 aliphatic carbocycles. The van der Waals surface area contributed by atoms with Gasteiger partial charge in [0, 0.05) is 22.5 Å². The van der Waals surface area contributed by atoms with E-state index in [0.29, 0.717) is 16.9 Å². The highest BCUT2D eigenvalue weighted by Gasteiger charge is 2.30. The minimum absolute atomic E-state index is 0.0964. The van der Waals surface area contributed by atoms with Gasteiger partial charge < -0.3 is 11.5 Å². The minimum Gasteiger partial charge on any atom is -0.399 e. The molecule has 0 bridgehead atoms. The average Bonchev–Trinajstić information content (AvgIpc) is 2.40. The minimum atomic E-state index is -4.45. The Labute approximate surface area is 113 Å². The van der Waals surface area contributed by atoms with Crippen LogP contribution in [0.1, 0.15) is 16.7 Å². The van der Waals surface area contributed by atoms with Crippen LogP contribution in [0.5, 0.6) is 0 Å². The summed E-state index contributed by atoms with van der Waals surface area (Å²) in [6, 6.07) is 9.13. The van der Waals surface area contributed by atoms with Gasteiger partial charge in [-0.3, -0.25) is 5.41 Å². The summed E-state index contributed by atoms with van der Waals surface area (Å²) in [5.41, 5.74) is 11.6. The Morgan fingerprint density at radius 1 is 1.00 bits per heavy atom. The molecule has 0 saturated heterocycles. The number of anilines is 2. The maximum Gasteiger partial charge on any atom is 0.416 e. The van der Waals surface area contributed by atoms with Gasteiger partial charge in [0.25, 0.3) is 0 Å². The summed E-state index contributed by atoms with van der Waals surface area (Å²) in [6.07, 6.45) is -4.45. The van der Waals surface area contributed by atoms with Crippen LogP contribution < -0.4 is 11.5 Å². The second-order valence-corrected chi connectivity index (χ2v) is 4.30. The van der Waals surface area contributed by atoms with Gasteiger partial charge >= 0.3 is 6.18 Å². The fourth-order valence-electron chi connectivity index (χ4n) is 1.80. The molecule has 0 unspecified atom stereocenters. The average molecular weight is 279 g/mol. The summed E-state index contributed by atoms with van der Waals surface area (Å²) in [5.74, 6) is 0. The van der Waals surface area contributed by atoms with Crippen LogP contribution >= 0.6 is 0 Å². The van der Waals surface area contributed by atoms with Crippen molar-refractivity contribution in [1.29, 1.82) is 5.41 Å². The van der Waals surface area contributed by atoms with Gasteiger partial charge in [-0.1, -0.05) is 12.1 Å². The van der Waals surface area contributed by atoms with E-state index >= 15 is 0 Å². The van der Waals surface area contributed by atoms with Gasteiger partial charge in [0.1, 0.15) is 0 Å². The fourth-order valence-corrected chi connectivity index (χ4v) is 1.80.